The molecule has 0 N–H and O–H groups in total. The number of urea groups is 1. The summed E-state index contributed by atoms with van der Waals surface area (Å²) in [6, 6.07) is 14.3. The van der Waals surface area contributed by atoms with Gasteiger partial charge in [0.05, 0.1) is 0 Å². The summed E-state index contributed by atoms with van der Waals surface area (Å²) >= 11 is 0. The maximum absolute atomic E-state index is 13.1. The minimum Gasteiger partial charge on any atom is -0.462 e. The molecule has 0 bridgehead atoms. The van der Waals surface area contributed by atoms with Gasteiger partial charge in [-0.25, -0.2) is 9.59 Å². The van der Waals surface area contributed by atoms with Crippen LogP contribution in [0.15, 0.2) is 48.5 Å². The van der Waals surface area contributed by atoms with E-state index in [0.717, 1.165) is 16.8 Å². The molecule has 5 heteroatoms. The van der Waals surface area contributed by atoms with E-state index in [1.807, 2.05) is 62.4 Å². The van der Waals surface area contributed by atoms with Gasteiger partial charge in [-0.1, -0.05) is 35.4 Å². The molecule has 2 aliphatic heterocycles. The second-order valence-electron chi connectivity index (χ2n) is 6.34. The molecule has 0 saturated carbocycles. The van der Waals surface area contributed by atoms with E-state index in [9.17, 15) is 9.59 Å². The molecule has 2 fully saturated rings. The molecule has 2 aromatic carbocycles. The molecule has 0 spiro atoms. The molecular formula is C19H18N2O3. The van der Waals surface area contributed by atoms with Crippen LogP contribution in [0.3, 0.4) is 0 Å². The minimum atomic E-state index is -0.596. The number of cyclic esters (lactones) is 1. The molecule has 0 aliphatic carbocycles. The predicted octanol–water partition coefficient (Wildman–Crippen LogP) is 3.04. The standard InChI is InChI=1S/C19H18N2O3/c1-12-3-7-14(8-4-12)20-16-11-24-18(22)17(16)21(19(20)23)15-9-5-13(2)6-10-15/h3-10,16-17H,11H2,1-2H3. The van der Waals surface area contributed by atoms with Gasteiger partial charge in [0.15, 0.2) is 6.04 Å². The Labute approximate surface area is 140 Å². The van der Waals surface area contributed by atoms with Gasteiger partial charge in [-0.3, -0.25) is 9.80 Å². The number of carbonyl (C=O) groups is 2. The van der Waals surface area contributed by atoms with Gasteiger partial charge in [-0.2, -0.15) is 0 Å². The van der Waals surface area contributed by atoms with Crippen molar-refractivity contribution in [2.24, 2.45) is 0 Å². The Balaban J connectivity index is 1.77. The first-order valence-corrected chi connectivity index (χ1v) is 7.98. The van der Waals surface area contributed by atoms with Crippen molar-refractivity contribution >= 4 is 23.4 Å². The molecule has 4 rings (SSSR count). The largest absolute Gasteiger partial charge is 0.462 e. The van der Waals surface area contributed by atoms with Crippen molar-refractivity contribution in [2.75, 3.05) is 16.4 Å². The van der Waals surface area contributed by atoms with Crippen molar-refractivity contribution in [3.05, 3.63) is 59.7 Å². The van der Waals surface area contributed by atoms with Crippen LogP contribution in [0, 0.1) is 13.8 Å². The Morgan fingerprint density at radius 2 is 1.33 bits per heavy atom. The summed E-state index contributed by atoms with van der Waals surface area (Å²) in [5.41, 5.74) is 3.73. The molecular weight excluding hydrogens is 304 g/mol. The van der Waals surface area contributed by atoms with E-state index in [1.54, 1.807) is 9.80 Å². The number of nitrogens with zero attached hydrogens (tertiary/aromatic N) is 2. The zero-order chi connectivity index (χ0) is 16.8. The van der Waals surface area contributed by atoms with E-state index in [4.69, 9.17) is 4.74 Å². The van der Waals surface area contributed by atoms with E-state index in [0.29, 0.717) is 5.69 Å². The fourth-order valence-electron chi connectivity index (χ4n) is 3.35. The third-order valence-electron chi connectivity index (χ3n) is 4.65. The number of esters is 1. The van der Waals surface area contributed by atoms with Crippen LogP contribution in [0.4, 0.5) is 16.2 Å². The van der Waals surface area contributed by atoms with Crippen LogP contribution in [0.2, 0.25) is 0 Å². The molecule has 2 unspecified atom stereocenters. The van der Waals surface area contributed by atoms with Gasteiger partial charge < -0.3 is 4.74 Å². The number of ether oxygens (including phenoxy) is 1. The van der Waals surface area contributed by atoms with Crippen LogP contribution in [0.25, 0.3) is 0 Å². The van der Waals surface area contributed by atoms with Crippen molar-refractivity contribution in [3.8, 4) is 0 Å². The number of carbonyl (C=O) groups excluding carboxylic acids is 2. The van der Waals surface area contributed by atoms with Crippen molar-refractivity contribution < 1.29 is 14.3 Å². The Hall–Kier alpha value is -2.82. The van der Waals surface area contributed by atoms with Gasteiger partial charge in [0.2, 0.25) is 0 Å². The average Bonchev–Trinajstić information content (AvgIpc) is 3.07. The summed E-state index contributed by atoms with van der Waals surface area (Å²) < 4.78 is 5.24. The summed E-state index contributed by atoms with van der Waals surface area (Å²) in [4.78, 5) is 28.5. The number of anilines is 2. The summed E-state index contributed by atoms with van der Waals surface area (Å²) in [7, 11) is 0. The van der Waals surface area contributed by atoms with Crippen LogP contribution in [0.5, 0.6) is 0 Å². The zero-order valence-corrected chi connectivity index (χ0v) is 13.6. The Morgan fingerprint density at radius 3 is 1.88 bits per heavy atom. The SMILES string of the molecule is Cc1ccc(N2C(=O)N(c3ccc(C)cc3)C3C(=O)OCC32)cc1. The van der Waals surface area contributed by atoms with Gasteiger partial charge in [0, 0.05) is 11.4 Å². The van der Waals surface area contributed by atoms with Crippen molar-refractivity contribution in [1.82, 2.24) is 0 Å². The highest BCUT2D eigenvalue weighted by Crippen LogP contribution is 2.36. The number of aryl methyl sites for hydroxylation is 2. The number of hydrogen-bond acceptors (Lipinski definition) is 3. The maximum atomic E-state index is 13.1. The molecule has 2 aliphatic rings. The first kappa shape index (κ1) is 14.8. The minimum absolute atomic E-state index is 0.186. The van der Waals surface area contributed by atoms with Crippen molar-refractivity contribution in [1.29, 1.82) is 0 Å². The highest BCUT2D eigenvalue weighted by molar-refractivity contribution is 6.12. The third-order valence-corrected chi connectivity index (χ3v) is 4.65. The summed E-state index contributed by atoms with van der Waals surface area (Å²) in [5.74, 6) is -0.344. The number of hydrogen-bond donors (Lipinski definition) is 0. The van der Waals surface area contributed by atoms with Gasteiger partial charge >= 0.3 is 12.0 Å². The summed E-state index contributed by atoms with van der Waals surface area (Å²) in [5, 5.41) is 0. The fraction of sp³-hybridized carbons (Fsp3) is 0.263. The molecule has 2 atom stereocenters. The fourth-order valence-corrected chi connectivity index (χ4v) is 3.35. The molecule has 2 heterocycles. The van der Waals surface area contributed by atoms with Crippen LogP contribution in [0.1, 0.15) is 11.1 Å². The third kappa shape index (κ3) is 2.16. The first-order valence-electron chi connectivity index (χ1n) is 7.98. The Morgan fingerprint density at radius 1 is 0.833 bits per heavy atom. The van der Waals surface area contributed by atoms with Crippen molar-refractivity contribution in [2.45, 2.75) is 25.9 Å². The number of amides is 2. The van der Waals surface area contributed by atoms with Gasteiger partial charge in [0.1, 0.15) is 12.6 Å². The lowest BCUT2D eigenvalue weighted by atomic mass is 10.1. The lowest BCUT2D eigenvalue weighted by molar-refractivity contribution is -0.138. The Bertz CT molecular complexity index is 798. The monoisotopic (exact) mass is 322 g/mol. The van der Waals surface area contributed by atoms with Gasteiger partial charge in [-0.05, 0) is 38.1 Å². The van der Waals surface area contributed by atoms with Crippen LogP contribution in [-0.2, 0) is 9.53 Å². The van der Waals surface area contributed by atoms with E-state index in [-0.39, 0.29) is 24.6 Å². The highest BCUT2D eigenvalue weighted by Gasteiger charge is 2.55. The van der Waals surface area contributed by atoms with E-state index < -0.39 is 6.04 Å². The predicted molar refractivity (Wildman–Crippen MR) is 91.2 cm³/mol. The maximum Gasteiger partial charge on any atom is 0.331 e. The first-order chi connectivity index (χ1) is 11.6. The molecule has 2 aromatic rings. The summed E-state index contributed by atoms with van der Waals surface area (Å²) in [6.45, 7) is 4.21. The average molecular weight is 322 g/mol. The molecule has 24 heavy (non-hydrogen) atoms. The number of benzene rings is 2. The normalized spacial score (nSPS) is 22.8. The quantitative estimate of drug-likeness (QED) is 0.799. The molecule has 5 nitrogen and oxygen atoms in total. The molecule has 2 saturated heterocycles. The second kappa shape index (κ2) is 5.37. The number of fused-ring (bicyclic) bond motifs is 1. The molecule has 0 radical (unpaired) electrons. The molecule has 0 aromatic heterocycles. The van der Waals surface area contributed by atoms with Gasteiger partial charge in [-0.15, -0.1) is 0 Å². The number of rotatable bonds is 2. The van der Waals surface area contributed by atoms with Crippen LogP contribution in [-0.4, -0.2) is 30.7 Å². The Kier molecular flexibility index (Phi) is 3.30. The smallest absolute Gasteiger partial charge is 0.331 e. The topological polar surface area (TPSA) is 49.9 Å². The highest BCUT2D eigenvalue weighted by atomic mass is 16.5. The lowest BCUT2D eigenvalue weighted by Crippen LogP contribution is -2.39. The van der Waals surface area contributed by atoms with Crippen molar-refractivity contribution in [3.63, 3.8) is 0 Å². The van der Waals surface area contributed by atoms with Crippen LogP contribution < -0.4 is 9.80 Å². The zero-order valence-electron chi connectivity index (χ0n) is 13.6. The molecule has 2 amide bonds. The van der Waals surface area contributed by atoms with E-state index in [1.165, 1.54) is 0 Å². The van der Waals surface area contributed by atoms with Crippen LogP contribution >= 0.6 is 0 Å². The van der Waals surface area contributed by atoms with E-state index >= 15 is 0 Å². The second-order valence-corrected chi connectivity index (χ2v) is 6.34. The lowest BCUT2D eigenvalue weighted by Gasteiger charge is -2.22. The molecule has 122 valence electrons. The van der Waals surface area contributed by atoms with Gasteiger partial charge in [0.25, 0.3) is 0 Å². The van der Waals surface area contributed by atoms with E-state index in [2.05, 4.69) is 0 Å². The summed E-state index contributed by atoms with van der Waals surface area (Å²) in [6.07, 6.45) is 0.